The standard InChI is InChI=1S/C19H18ClFN4O2S/c1-3-27-15-7-5-14(6-8-15)25-12(2)23-24-19(25)28-11-18(26)22-13-4-9-17(21)16(20)10-13/h4-10H,3,11H2,1-2H3,(H,22,26). The summed E-state index contributed by atoms with van der Waals surface area (Å²) in [5.74, 6) is 0.810. The summed E-state index contributed by atoms with van der Waals surface area (Å²) in [6.07, 6.45) is 0. The SMILES string of the molecule is CCOc1ccc(-n2c(C)nnc2SCC(=O)Nc2ccc(F)c(Cl)c2)cc1. The molecule has 3 rings (SSSR count). The maximum atomic E-state index is 13.2. The van der Waals surface area contributed by atoms with Gasteiger partial charge < -0.3 is 10.1 Å². The van der Waals surface area contributed by atoms with Crippen LogP contribution >= 0.6 is 23.4 Å². The third-order valence-electron chi connectivity index (χ3n) is 3.74. The number of halogens is 2. The maximum absolute atomic E-state index is 13.2. The Hall–Kier alpha value is -2.58. The van der Waals surface area contributed by atoms with Crippen LogP contribution in [0, 0.1) is 12.7 Å². The van der Waals surface area contributed by atoms with E-state index in [1.54, 1.807) is 0 Å². The molecular formula is C19H18ClFN4O2S. The highest BCUT2D eigenvalue weighted by Gasteiger charge is 2.14. The van der Waals surface area contributed by atoms with Crippen molar-refractivity contribution < 1.29 is 13.9 Å². The first-order valence-corrected chi connectivity index (χ1v) is 9.87. The van der Waals surface area contributed by atoms with Gasteiger partial charge in [0.15, 0.2) is 5.16 Å². The lowest BCUT2D eigenvalue weighted by molar-refractivity contribution is -0.113. The molecular weight excluding hydrogens is 403 g/mol. The molecule has 28 heavy (non-hydrogen) atoms. The lowest BCUT2D eigenvalue weighted by Crippen LogP contribution is -2.14. The first kappa shape index (κ1) is 20.2. The van der Waals surface area contributed by atoms with E-state index in [1.165, 1.54) is 30.0 Å². The summed E-state index contributed by atoms with van der Waals surface area (Å²) in [6.45, 7) is 4.37. The minimum absolute atomic E-state index is 0.0451. The number of amides is 1. The smallest absolute Gasteiger partial charge is 0.234 e. The molecule has 0 aliphatic heterocycles. The fraction of sp³-hybridized carbons (Fsp3) is 0.211. The molecule has 146 valence electrons. The number of carbonyl (C=O) groups is 1. The number of nitrogens with zero attached hydrogens (tertiary/aromatic N) is 3. The number of rotatable bonds is 7. The molecule has 0 saturated carbocycles. The van der Waals surface area contributed by atoms with E-state index >= 15 is 0 Å². The average molecular weight is 421 g/mol. The first-order valence-electron chi connectivity index (χ1n) is 8.51. The number of carbonyl (C=O) groups excluding carboxylic acids is 1. The van der Waals surface area contributed by atoms with Crippen molar-refractivity contribution in [3.63, 3.8) is 0 Å². The molecule has 6 nitrogen and oxygen atoms in total. The van der Waals surface area contributed by atoms with Gasteiger partial charge in [0.2, 0.25) is 5.91 Å². The predicted molar refractivity (Wildman–Crippen MR) is 108 cm³/mol. The van der Waals surface area contributed by atoms with Gasteiger partial charge >= 0.3 is 0 Å². The van der Waals surface area contributed by atoms with Crippen molar-refractivity contribution in [3.05, 3.63) is 59.1 Å². The van der Waals surface area contributed by atoms with Crippen LogP contribution in [0.1, 0.15) is 12.7 Å². The zero-order valence-electron chi connectivity index (χ0n) is 15.3. The minimum Gasteiger partial charge on any atom is -0.494 e. The summed E-state index contributed by atoms with van der Waals surface area (Å²) in [7, 11) is 0. The summed E-state index contributed by atoms with van der Waals surface area (Å²) in [5.41, 5.74) is 1.31. The van der Waals surface area contributed by atoms with Crippen LogP contribution in [0.25, 0.3) is 5.69 Å². The molecule has 1 amide bonds. The van der Waals surface area contributed by atoms with E-state index in [4.69, 9.17) is 16.3 Å². The Morgan fingerprint density at radius 2 is 2.00 bits per heavy atom. The van der Waals surface area contributed by atoms with Gasteiger partial charge in [-0.05, 0) is 56.3 Å². The van der Waals surface area contributed by atoms with Crippen molar-refractivity contribution in [1.29, 1.82) is 0 Å². The highest BCUT2D eigenvalue weighted by Crippen LogP contribution is 2.24. The van der Waals surface area contributed by atoms with Crippen molar-refractivity contribution in [1.82, 2.24) is 14.8 Å². The summed E-state index contributed by atoms with van der Waals surface area (Å²) >= 11 is 6.98. The van der Waals surface area contributed by atoms with Crippen molar-refractivity contribution >= 4 is 35.0 Å². The molecule has 0 aliphatic carbocycles. The van der Waals surface area contributed by atoms with E-state index < -0.39 is 5.82 Å². The lowest BCUT2D eigenvalue weighted by Gasteiger charge is -2.10. The Bertz CT molecular complexity index is 979. The molecule has 1 N–H and O–H groups in total. The largest absolute Gasteiger partial charge is 0.494 e. The summed E-state index contributed by atoms with van der Waals surface area (Å²) in [6, 6.07) is 11.6. The quantitative estimate of drug-likeness (QED) is 0.570. The van der Waals surface area contributed by atoms with Crippen molar-refractivity contribution in [2.45, 2.75) is 19.0 Å². The monoisotopic (exact) mass is 420 g/mol. The number of nitrogens with one attached hydrogen (secondary N) is 1. The van der Waals surface area contributed by atoms with Gasteiger partial charge in [-0.15, -0.1) is 10.2 Å². The Morgan fingerprint density at radius 1 is 1.25 bits per heavy atom. The second-order valence-electron chi connectivity index (χ2n) is 5.76. The van der Waals surface area contributed by atoms with Gasteiger partial charge in [0, 0.05) is 11.4 Å². The molecule has 0 unspecified atom stereocenters. The van der Waals surface area contributed by atoms with Gasteiger partial charge in [-0.3, -0.25) is 9.36 Å². The molecule has 1 aromatic heterocycles. The van der Waals surface area contributed by atoms with E-state index in [9.17, 15) is 9.18 Å². The normalized spacial score (nSPS) is 10.7. The maximum Gasteiger partial charge on any atom is 0.234 e. The third kappa shape index (κ3) is 4.82. The van der Waals surface area contributed by atoms with Gasteiger partial charge in [0.25, 0.3) is 0 Å². The topological polar surface area (TPSA) is 69.0 Å². The fourth-order valence-corrected chi connectivity index (χ4v) is 3.47. The Labute approximate surface area is 171 Å². The van der Waals surface area contributed by atoms with Crippen LogP contribution in [0.15, 0.2) is 47.6 Å². The number of anilines is 1. The van der Waals surface area contributed by atoms with Crippen LogP contribution in [0.2, 0.25) is 5.02 Å². The Morgan fingerprint density at radius 3 is 2.68 bits per heavy atom. The number of aromatic nitrogens is 3. The van der Waals surface area contributed by atoms with Crippen LogP contribution in [-0.4, -0.2) is 33.0 Å². The van der Waals surface area contributed by atoms with Crippen molar-refractivity contribution in [2.24, 2.45) is 0 Å². The summed E-state index contributed by atoms with van der Waals surface area (Å²) < 4.78 is 20.5. The molecule has 0 radical (unpaired) electrons. The van der Waals surface area contributed by atoms with E-state index in [2.05, 4.69) is 15.5 Å². The summed E-state index contributed by atoms with van der Waals surface area (Å²) in [5, 5.41) is 11.5. The second kappa shape index (κ2) is 9.07. The molecule has 0 aliphatic rings. The molecule has 1 heterocycles. The fourth-order valence-electron chi connectivity index (χ4n) is 2.49. The molecule has 0 fully saturated rings. The number of hydrogen-bond donors (Lipinski definition) is 1. The molecule has 0 saturated heterocycles. The number of thioether (sulfide) groups is 1. The number of hydrogen-bond acceptors (Lipinski definition) is 5. The van der Waals surface area contributed by atoms with E-state index in [0.717, 1.165) is 11.4 Å². The number of aryl methyl sites for hydroxylation is 1. The van der Waals surface area contributed by atoms with Gasteiger partial charge in [0.1, 0.15) is 17.4 Å². The molecule has 9 heteroatoms. The average Bonchev–Trinajstić information content (AvgIpc) is 3.04. The highest BCUT2D eigenvalue weighted by molar-refractivity contribution is 7.99. The molecule has 2 aromatic carbocycles. The molecule has 0 spiro atoms. The van der Waals surface area contributed by atoms with Gasteiger partial charge in [-0.2, -0.15) is 0 Å². The Kier molecular flexibility index (Phi) is 6.53. The van der Waals surface area contributed by atoms with Crippen LogP contribution in [0.5, 0.6) is 5.75 Å². The molecule has 3 aromatic rings. The summed E-state index contributed by atoms with van der Waals surface area (Å²) in [4.78, 5) is 12.2. The molecule has 0 atom stereocenters. The van der Waals surface area contributed by atoms with Gasteiger partial charge in [-0.1, -0.05) is 23.4 Å². The Balaban J connectivity index is 1.68. The number of benzene rings is 2. The predicted octanol–water partition coefficient (Wildman–Crippen LogP) is 4.50. The van der Waals surface area contributed by atoms with E-state index in [1.807, 2.05) is 42.7 Å². The second-order valence-corrected chi connectivity index (χ2v) is 7.11. The van der Waals surface area contributed by atoms with Crippen LogP contribution in [-0.2, 0) is 4.79 Å². The number of ether oxygens (including phenoxy) is 1. The first-order chi connectivity index (χ1) is 13.5. The van der Waals surface area contributed by atoms with Crippen molar-refractivity contribution in [3.8, 4) is 11.4 Å². The lowest BCUT2D eigenvalue weighted by atomic mass is 10.3. The third-order valence-corrected chi connectivity index (χ3v) is 4.96. The van der Waals surface area contributed by atoms with E-state index in [0.29, 0.717) is 23.3 Å². The zero-order chi connectivity index (χ0) is 20.1. The minimum atomic E-state index is -0.534. The highest BCUT2D eigenvalue weighted by atomic mass is 35.5. The molecule has 0 bridgehead atoms. The zero-order valence-corrected chi connectivity index (χ0v) is 16.9. The van der Waals surface area contributed by atoms with Gasteiger partial charge in [0.05, 0.1) is 17.4 Å². The van der Waals surface area contributed by atoms with Crippen molar-refractivity contribution in [2.75, 3.05) is 17.7 Å². The van der Waals surface area contributed by atoms with Gasteiger partial charge in [-0.25, -0.2) is 4.39 Å². The van der Waals surface area contributed by atoms with Crippen LogP contribution in [0.3, 0.4) is 0 Å². The van der Waals surface area contributed by atoms with Crippen LogP contribution < -0.4 is 10.1 Å². The van der Waals surface area contributed by atoms with E-state index in [-0.39, 0.29) is 16.7 Å². The van der Waals surface area contributed by atoms with Crippen LogP contribution in [0.4, 0.5) is 10.1 Å².